The largest absolute Gasteiger partial charge is 0.472 e. The van der Waals surface area contributed by atoms with Crippen molar-refractivity contribution in [3.63, 3.8) is 0 Å². The molecule has 61 heavy (non-hydrogen) atoms. The molecule has 6 unspecified atom stereocenters. The molecular weight excluding hydrogens is 803 g/mol. The summed E-state index contributed by atoms with van der Waals surface area (Å²) in [5.41, 5.74) is 0. The van der Waals surface area contributed by atoms with E-state index in [0.717, 1.165) is 70.6 Å². The predicted octanol–water partition coefficient (Wildman–Crippen LogP) is 8.94. The Hall–Kier alpha value is -2.45. The second-order valence-electron chi connectivity index (χ2n) is 15.9. The first-order chi connectivity index (χ1) is 29.4. The van der Waals surface area contributed by atoms with Gasteiger partial charge in [-0.2, -0.15) is 0 Å². The molecule has 6 N–H and O–H groups in total. The molecule has 0 heterocycles. The number of carbonyl (C=O) groups is 2. The van der Waals surface area contributed by atoms with E-state index in [2.05, 4.69) is 74.6 Å². The molecule has 1 fully saturated rings. The van der Waals surface area contributed by atoms with E-state index < -0.39 is 75.7 Å². The summed E-state index contributed by atoms with van der Waals surface area (Å²) in [7, 11) is -5.13. The van der Waals surface area contributed by atoms with Crippen molar-refractivity contribution in [2.75, 3.05) is 13.2 Å². The van der Waals surface area contributed by atoms with Crippen LogP contribution in [0.1, 0.15) is 168 Å². The van der Waals surface area contributed by atoms with Crippen LogP contribution in [0.5, 0.6) is 0 Å². The fourth-order valence-electron chi connectivity index (χ4n) is 6.67. The van der Waals surface area contributed by atoms with E-state index >= 15 is 0 Å². The summed E-state index contributed by atoms with van der Waals surface area (Å²) in [6.45, 7) is 3.15. The van der Waals surface area contributed by atoms with E-state index in [9.17, 15) is 44.6 Å². The van der Waals surface area contributed by atoms with Crippen LogP contribution >= 0.6 is 7.82 Å². The van der Waals surface area contributed by atoms with Crippen LogP contribution in [0.15, 0.2) is 60.8 Å². The first kappa shape index (κ1) is 56.6. The van der Waals surface area contributed by atoms with Gasteiger partial charge in [-0.25, -0.2) is 4.57 Å². The minimum Gasteiger partial charge on any atom is -0.462 e. The number of aliphatic hydroxyl groups excluding tert-OH is 5. The summed E-state index contributed by atoms with van der Waals surface area (Å²) in [6, 6.07) is 0. The van der Waals surface area contributed by atoms with Crippen LogP contribution < -0.4 is 0 Å². The monoisotopic (exact) mass is 885 g/mol. The van der Waals surface area contributed by atoms with Gasteiger partial charge in [0, 0.05) is 12.8 Å². The normalized spacial score (nSPS) is 22.6. The van der Waals surface area contributed by atoms with Gasteiger partial charge in [0.25, 0.3) is 0 Å². The molecule has 13 nitrogen and oxygen atoms in total. The highest BCUT2D eigenvalue weighted by Crippen LogP contribution is 2.47. The maximum Gasteiger partial charge on any atom is 0.472 e. The zero-order valence-electron chi connectivity index (χ0n) is 37.2. The van der Waals surface area contributed by atoms with E-state index in [-0.39, 0.29) is 12.8 Å². The summed E-state index contributed by atoms with van der Waals surface area (Å²) in [6.07, 6.45) is 31.3. The van der Waals surface area contributed by atoms with Crippen molar-refractivity contribution in [1.29, 1.82) is 0 Å². The zero-order chi connectivity index (χ0) is 45.0. The van der Waals surface area contributed by atoms with Gasteiger partial charge in [-0.1, -0.05) is 158 Å². The summed E-state index contributed by atoms with van der Waals surface area (Å²) in [5, 5.41) is 50.1. The van der Waals surface area contributed by atoms with Gasteiger partial charge >= 0.3 is 19.8 Å². The average Bonchev–Trinajstić information content (AvgIpc) is 3.24. The topological polar surface area (TPSA) is 210 Å². The SMILES string of the molecule is CC/C=C\C/C=C\C/C=C\C/C=C\C/C=C\CCCCCC(=O)O[C@H](COC(=O)CCCCCCCCCCCCCCC)COP(=O)(O)OC1C(O)C(O)C(O)[C@@H](O)C1O. The second-order valence-corrected chi connectivity index (χ2v) is 17.3. The van der Waals surface area contributed by atoms with Crippen LogP contribution in [0.2, 0.25) is 0 Å². The molecule has 1 saturated carbocycles. The Kier molecular flexibility index (Phi) is 34.3. The van der Waals surface area contributed by atoms with Gasteiger partial charge in [-0.3, -0.25) is 18.6 Å². The maximum atomic E-state index is 12.8. The molecule has 0 aliphatic heterocycles. The lowest BCUT2D eigenvalue weighted by molar-refractivity contribution is -0.220. The molecule has 0 radical (unpaired) electrons. The Morgan fingerprint density at radius 2 is 0.934 bits per heavy atom. The molecule has 1 aliphatic carbocycles. The summed E-state index contributed by atoms with van der Waals surface area (Å²) in [5.74, 6) is -1.14. The van der Waals surface area contributed by atoms with Crippen LogP contribution in [-0.2, 0) is 32.7 Å². The number of esters is 2. The molecule has 0 aromatic rings. The van der Waals surface area contributed by atoms with Gasteiger partial charge in [-0.05, 0) is 57.8 Å². The van der Waals surface area contributed by atoms with Gasteiger partial charge in [-0.15, -0.1) is 0 Å². The van der Waals surface area contributed by atoms with Crippen molar-refractivity contribution in [3.8, 4) is 0 Å². The third-order valence-corrected chi connectivity index (χ3v) is 11.4. The van der Waals surface area contributed by atoms with E-state index in [0.29, 0.717) is 12.8 Å². The van der Waals surface area contributed by atoms with Gasteiger partial charge in [0.2, 0.25) is 0 Å². The smallest absolute Gasteiger partial charge is 0.462 e. The van der Waals surface area contributed by atoms with E-state index in [1.807, 2.05) is 0 Å². The van der Waals surface area contributed by atoms with Crippen molar-refractivity contribution in [2.45, 2.75) is 211 Å². The molecule has 0 saturated heterocycles. The Morgan fingerprint density at radius 1 is 0.525 bits per heavy atom. The molecule has 0 aromatic carbocycles. The van der Waals surface area contributed by atoms with Crippen molar-refractivity contribution < 1.29 is 63.1 Å². The highest BCUT2D eigenvalue weighted by atomic mass is 31.2. The lowest BCUT2D eigenvalue weighted by Gasteiger charge is -2.41. The summed E-state index contributed by atoms with van der Waals surface area (Å²) < 4.78 is 33.5. The number of rotatable bonds is 37. The molecule has 0 bridgehead atoms. The molecule has 1 rings (SSSR count). The first-order valence-electron chi connectivity index (χ1n) is 23.1. The Labute approximate surface area is 366 Å². The van der Waals surface area contributed by atoms with Gasteiger partial charge in [0.15, 0.2) is 6.10 Å². The van der Waals surface area contributed by atoms with Crippen LogP contribution in [0.3, 0.4) is 0 Å². The Bertz CT molecular complexity index is 1300. The predicted molar refractivity (Wildman–Crippen MR) is 239 cm³/mol. The van der Waals surface area contributed by atoms with E-state index in [1.165, 1.54) is 57.8 Å². The molecule has 14 heteroatoms. The number of ether oxygens (including phenoxy) is 2. The molecule has 0 spiro atoms. The fourth-order valence-corrected chi connectivity index (χ4v) is 7.64. The molecule has 8 atom stereocenters. The molecule has 0 amide bonds. The first-order valence-corrected chi connectivity index (χ1v) is 24.6. The highest BCUT2D eigenvalue weighted by molar-refractivity contribution is 7.47. The number of carbonyl (C=O) groups excluding carboxylic acids is 2. The van der Waals surface area contributed by atoms with E-state index in [4.69, 9.17) is 18.5 Å². The van der Waals surface area contributed by atoms with Crippen molar-refractivity contribution in [3.05, 3.63) is 60.8 Å². The number of aliphatic hydroxyl groups is 5. The lowest BCUT2D eigenvalue weighted by atomic mass is 9.85. The summed E-state index contributed by atoms with van der Waals surface area (Å²) in [4.78, 5) is 35.7. The number of hydrogen-bond acceptors (Lipinski definition) is 12. The van der Waals surface area contributed by atoms with Crippen LogP contribution in [-0.4, -0.2) is 98.3 Å². The van der Waals surface area contributed by atoms with E-state index in [1.54, 1.807) is 0 Å². The third-order valence-electron chi connectivity index (χ3n) is 10.4. The molecule has 1 aliphatic rings. The number of phosphoric ester groups is 1. The van der Waals surface area contributed by atoms with Crippen LogP contribution in [0, 0.1) is 0 Å². The second kappa shape index (κ2) is 37.0. The Balaban J connectivity index is 2.49. The van der Waals surface area contributed by atoms with Crippen LogP contribution in [0.25, 0.3) is 0 Å². The van der Waals surface area contributed by atoms with Crippen molar-refractivity contribution >= 4 is 19.8 Å². The molecular formula is C47H81O13P. The number of unbranched alkanes of at least 4 members (excludes halogenated alkanes) is 15. The minimum atomic E-state index is -5.13. The molecule has 0 aromatic heterocycles. The lowest BCUT2D eigenvalue weighted by Crippen LogP contribution is -2.64. The number of allylic oxidation sites excluding steroid dienone is 10. The van der Waals surface area contributed by atoms with Gasteiger partial charge in [0.1, 0.15) is 43.2 Å². The van der Waals surface area contributed by atoms with Crippen molar-refractivity contribution in [2.24, 2.45) is 0 Å². The number of phosphoric acid groups is 1. The standard InChI is InChI=1S/C47H81O13P/c1-3-5-7-9-11-13-15-17-18-19-20-21-22-24-26-28-30-32-34-36-41(49)59-39(38-58-61(55,56)60-47-45(53)43(51)42(50)44(52)46(47)54)37-57-40(48)35-33-31-29-27-25-23-16-14-12-10-8-6-4-2/h5,7,11,13,17-18,20-21,24,26,39,42-47,50-54H,3-4,6,8-10,12,14-16,19,22-23,25,27-38H2,1-2H3,(H,55,56)/b7-5-,13-11-,18-17-,21-20-,26-24-/t39-,42?,43-,44?,45?,46?,47?/m1/s1. The highest BCUT2D eigenvalue weighted by Gasteiger charge is 2.51. The quantitative estimate of drug-likeness (QED) is 0.0149. The molecule has 352 valence electrons. The van der Waals surface area contributed by atoms with Gasteiger partial charge < -0.3 is 39.9 Å². The Morgan fingerprint density at radius 3 is 1.43 bits per heavy atom. The minimum absolute atomic E-state index is 0.0565. The fraction of sp³-hybridized carbons (Fsp3) is 0.745. The van der Waals surface area contributed by atoms with Crippen molar-refractivity contribution in [1.82, 2.24) is 0 Å². The van der Waals surface area contributed by atoms with Crippen LogP contribution in [0.4, 0.5) is 0 Å². The maximum absolute atomic E-state index is 12.8. The third kappa shape index (κ3) is 29.5. The number of hydrogen-bond donors (Lipinski definition) is 6. The summed E-state index contributed by atoms with van der Waals surface area (Å²) >= 11 is 0. The zero-order valence-corrected chi connectivity index (χ0v) is 38.1. The van der Waals surface area contributed by atoms with Gasteiger partial charge in [0.05, 0.1) is 6.61 Å². The average molecular weight is 885 g/mol.